The number of carbonyl (C=O) groups excluding carboxylic acids is 4. The Kier molecular flexibility index (Phi) is 7.37. The summed E-state index contributed by atoms with van der Waals surface area (Å²) in [5.74, 6) is -9.68. The molecule has 1 saturated carbocycles. The van der Waals surface area contributed by atoms with Crippen molar-refractivity contribution in [2.24, 2.45) is 23.7 Å². The summed E-state index contributed by atoms with van der Waals surface area (Å²) >= 11 is 12.4. The van der Waals surface area contributed by atoms with Crippen LogP contribution in [0.5, 0.6) is 5.75 Å². The summed E-state index contributed by atoms with van der Waals surface area (Å²) < 4.78 is 55.1. The number of carbonyl (C=O) groups is 4. The minimum absolute atomic E-state index is 0.0387. The molecule has 15 heteroatoms. The number of halogens is 6. The van der Waals surface area contributed by atoms with Crippen molar-refractivity contribution < 1.29 is 41.8 Å². The Morgan fingerprint density at radius 1 is 1.00 bits per heavy atom. The van der Waals surface area contributed by atoms with Crippen LogP contribution in [0, 0.1) is 29.5 Å². The number of nitrogens with zero attached hydrogens (tertiary/aromatic N) is 3. The Labute approximate surface area is 280 Å². The fraction of sp³-hybridized carbons (Fsp3) is 0.303. The molecule has 48 heavy (non-hydrogen) atoms. The largest absolute Gasteiger partial charge is 0.505 e. The summed E-state index contributed by atoms with van der Waals surface area (Å²) in [6.45, 7) is 0. The number of hydrogen-bond donors (Lipinski definition) is 2. The number of likely N-dealkylation sites (tertiary alicyclic amines) is 1. The topological polar surface area (TPSA) is 120 Å². The summed E-state index contributed by atoms with van der Waals surface area (Å²) in [6.07, 6.45) is -2.54. The number of aromatic hydroxyl groups is 1. The molecule has 1 aromatic heterocycles. The Morgan fingerprint density at radius 2 is 1.71 bits per heavy atom. The number of fused-ring (bicyclic) bond motifs is 4. The van der Waals surface area contributed by atoms with Crippen LogP contribution in [0.2, 0.25) is 10.0 Å². The Morgan fingerprint density at radius 3 is 2.38 bits per heavy atom. The molecule has 6 atom stereocenters. The van der Waals surface area contributed by atoms with Crippen molar-refractivity contribution in [3.63, 3.8) is 0 Å². The van der Waals surface area contributed by atoms with E-state index in [1.165, 1.54) is 43.4 Å². The highest BCUT2D eigenvalue weighted by Crippen LogP contribution is 2.65. The fourth-order valence-corrected chi connectivity index (χ4v) is 8.38. The molecule has 2 aromatic carbocycles. The first kappa shape index (κ1) is 32.1. The Hall–Kier alpha value is -4.49. The number of benzene rings is 2. The molecule has 4 amide bonds. The van der Waals surface area contributed by atoms with Gasteiger partial charge in [-0.3, -0.25) is 29.5 Å². The lowest BCUT2D eigenvalue weighted by molar-refractivity contribution is -0.140. The number of rotatable bonds is 4. The van der Waals surface area contributed by atoms with Crippen LogP contribution in [0.15, 0.2) is 66.4 Å². The number of nitrogens with one attached hydrogen (secondary N) is 1. The monoisotopic (exact) mass is 702 g/mol. The summed E-state index contributed by atoms with van der Waals surface area (Å²) in [5.41, 5.74) is 0.155. The van der Waals surface area contributed by atoms with E-state index in [0.717, 1.165) is 11.0 Å². The third-order valence-electron chi connectivity index (χ3n) is 10.1. The number of aromatic nitrogens is 1. The van der Waals surface area contributed by atoms with Gasteiger partial charge in [-0.25, -0.2) is 9.37 Å². The van der Waals surface area contributed by atoms with Crippen molar-refractivity contribution in [1.29, 1.82) is 0 Å². The third kappa shape index (κ3) is 4.47. The average Bonchev–Trinajstić information content (AvgIpc) is 3.39. The molecule has 4 aliphatic rings. The van der Waals surface area contributed by atoms with Crippen molar-refractivity contribution in [2.45, 2.75) is 30.4 Å². The van der Waals surface area contributed by atoms with Gasteiger partial charge in [0.1, 0.15) is 0 Å². The molecule has 6 unspecified atom stereocenters. The zero-order valence-electron chi connectivity index (χ0n) is 24.8. The van der Waals surface area contributed by atoms with Crippen LogP contribution in [-0.2, 0) is 30.8 Å². The van der Waals surface area contributed by atoms with E-state index in [9.17, 15) is 37.5 Å². The first-order valence-corrected chi connectivity index (χ1v) is 15.6. The molecular weight excluding hydrogens is 679 g/mol. The molecule has 9 nitrogen and oxygen atoms in total. The Balaban J connectivity index is 1.46. The second kappa shape index (κ2) is 11.0. The predicted molar refractivity (Wildman–Crippen MR) is 163 cm³/mol. The fourth-order valence-electron chi connectivity index (χ4n) is 8.05. The molecular formula is C33H24Cl2F4N4O5. The molecule has 0 radical (unpaired) electrons. The standard InChI is InChI=1S/C33H24Cl2F4N4O5/c1-42-28(45)18-10-9-17-20(24(18)30(42)47)12-21-29(46)43(41-27-22(35)11-15(13-40-27)33(37,38)39)31(48)32(21,14-5-7-16(34)8-6-14)25(17)19-3-2-4-23(36)26(19)44/h2-9,11,13,18,20-21,24-25,44H,10,12H2,1H3,(H,40,41). The number of para-hydroxylation sites is 1. The van der Waals surface area contributed by atoms with Gasteiger partial charge < -0.3 is 5.11 Å². The van der Waals surface area contributed by atoms with Gasteiger partial charge in [-0.1, -0.05) is 59.1 Å². The highest BCUT2D eigenvalue weighted by molar-refractivity contribution is 6.33. The quantitative estimate of drug-likeness (QED) is 0.198. The number of allylic oxidation sites excluding steroid dienone is 2. The smallest absolute Gasteiger partial charge is 0.417 e. The molecule has 3 fully saturated rings. The van der Waals surface area contributed by atoms with Gasteiger partial charge in [0.05, 0.1) is 33.8 Å². The number of alkyl halides is 3. The van der Waals surface area contributed by atoms with Crippen molar-refractivity contribution in [3.8, 4) is 5.75 Å². The highest BCUT2D eigenvalue weighted by atomic mass is 35.5. The van der Waals surface area contributed by atoms with Crippen LogP contribution in [-0.4, -0.2) is 50.7 Å². The first-order chi connectivity index (χ1) is 22.7. The number of pyridine rings is 1. The SMILES string of the molecule is CN1C(=O)C2CC=C3C(CC4C(=O)N(Nc5ncc(C(F)(F)F)cc5Cl)C(=O)C4(c4ccc(Cl)cc4)C3c3cccc(F)c3O)C2C1=O. The summed E-state index contributed by atoms with van der Waals surface area (Å²) in [5, 5.41) is 11.6. The van der Waals surface area contributed by atoms with Gasteiger partial charge in [0.15, 0.2) is 17.4 Å². The second-order valence-electron chi connectivity index (χ2n) is 12.3. The molecule has 3 aromatic rings. The zero-order valence-corrected chi connectivity index (χ0v) is 26.3. The lowest BCUT2D eigenvalue weighted by atomic mass is 9.49. The van der Waals surface area contributed by atoms with Gasteiger partial charge in [-0.15, -0.1) is 0 Å². The molecule has 2 aliphatic carbocycles. The molecule has 2 aliphatic heterocycles. The van der Waals surface area contributed by atoms with E-state index in [1.807, 2.05) is 0 Å². The minimum atomic E-state index is -4.77. The first-order valence-electron chi connectivity index (χ1n) is 14.8. The van der Waals surface area contributed by atoms with Gasteiger partial charge in [-0.05, 0) is 48.6 Å². The van der Waals surface area contributed by atoms with Crippen molar-refractivity contribution in [2.75, 3.05) is 12.5 Å². The summed E-state index contributed by atoms with van der Waals surface area (Å²) in [6, 6.07) is 10.4. The third-order valence-corrected chi connectivity index (χ3v) is 10.6. The van der Waals surface area contributed by atoms with E-state index in [-0.39, 0.29) is 29.9 Å². The lowest BCUT2D eigenvalue weighted by Crippen LogP contribution is -2.53. The van der Waals surface area contributed by atoms with Gasteiger partial charge in [0.25, 0.3) is 11.8 Å². The van der Waals surface area contributed by atoms with E-state index in [2.05, 4.69) is 10.4 Å². The van der Waals surface area contributed by atoms with E-state index in [4.69, 9.17) is 23.2 Å². The summed E-state index contributed by atoms with van der Waals surface area (Å²) in [7, 11) is 1.37. The zero-order chi connectivity index (χ0) is 34.4. The number of phenolic OH excluding ortho intramolecular Hbond substituents is 1. The number of phenols is 1. The average molecular weight is 703 g/mol. The normalized spacial score (nSPS) is 28.3. The van der Waals surface area contributed by atoms with Gasteiger partial charge >= 0.3 is 6.18 Å². The minimum Gasteiger partial charge on any atom is -0.505 e. The molecule has 0 bridgehead atoms. The van der Waals surface area contributed by atoms with E-state index >= 15 is 4.39 Å². The summed E-state index contributed by atoms with van der Waals surface area (Å²) in [4.78, 5) is 60.8. The van der Waals surface area contributed by atoms with E-state index in [0.29, 0.717) is 27.9 Å². The molecule has 3 heterocycles. The van der Waals surface area contributed by atoms with E-state index < -0.39 is 86.9 Å². The van der Waals surface area contributed by atoms with Crippen molar-refractivity contribution in [3.05, 3.63) is 98.9 Å². The number of anilines is 1. The molecule has 248 valence electrons. The number of hydrogen-bond acceptors (Lipinski definition) is 7. The second-order valence-corrected chi connectivity index (χ2v) is 13.2. The Bertz CT molecular complexity index is 1950. The van der Waals surface area contributed by atoms with Crippen molar-refractivity contribution in [1.82, 2.24) is 14.9 Å². The van der Waals surface area contributed by atoms with Crippen LogP contribution in [0.4, 0.5) is 23.4 Å². The number of imide groups is 2. The molecule has 2 N–H and O–H groups in total. The highest BCUT2D eigenvalue weighted by Gasteiger charge is 2.70. The van der Waals surface area contributed by atoms with Crippen LogP contribution >= 0.6 is 23.2 Å². The van der Waals surface area contributed by atoms with E-state index in [1.54, 1.807) is 6.08 Å². The van der Waals surface area contributed by atoms with Gasteiger partial charge in [0.2, 0.25) is 11.8 Å². The van der Waals surface area contributed by atoms with Crippen LogP contribution in [0.25, 0.3) is 0 Å². The lowest BCUT2D eigenvalue weighted by Gasteiger charge is -2.50. The van der Waals surface area contributed by atoms with Crippen LogP contribution < -0.4 is 5.43 Å². The van der Waals surface area contributed by atoms with Crippen LogP contribution in [0.3, 0.4) is 0 Å². The number of amides is 4. The molecule has 2 saturated heterocycles. The van der Waals surface area contributed by atoms with Gasteiger partial charge in [-0.2, -0.15) is 18.2 Å². The number of hydrazine groups is 1. The predicted octanol–water partition coefficient (Wildman–Crippen LogP) is 5.87. The maximum atomic E-state index is 15.1. The maximum Gasteiger partial charge on any atom is 0.417 e. The van der Waals surface area contributed by atoms with Gasteiger partial charge in [0, 0.05) is 29.7 Å². The van der Waals surface area contributed by atoms with Crippen LogP contribution in [0.1, 0.15) is 35.4 Å². The molecule has 0 spiro atoms. The maximum absolute atomic E-state index is 15.1. The molecule has 7 rings (SSSR count). The van der Waals surface area contributed by atoms with Crippen molar-refractivity contribution >= 4 is 52.6 Å².